The van der Waals surface area contributed by atoms with E-state index in [1.54, 1.807) is 0 Å². The lowest BCUT2D eigenvalue weighted by Gasteiger charge is -2.27. The quantitative estimate of drug-likeness (QED) is 0.269. The SMILES string of the molecule is N[C@H]1CC[C@H](Nc2cc(Nc3cccc(Br)n3)c3ncc(C(=O)Nc4ccncc4F)n3n2)CC1. The second-order valence-corrected chi connectivity index (χ2v) is 9.17. The molecule has 1 saturated carbocycles. The van der Waals surface area contributed by atoms with Crippen molar-refractivity contribution >= 4 is 50.5 Å². The largest absolute Gasteiger partial charge is 0.366 e. The van der Waals surface area contributed by atoms with Gasteiger partial charge in [-0.1, -0.05) is 6.07 Å². The Bertz CT molecular complexity index is 1370. The smallest absolute Gasteiger partial charge is 0.276 e. The van der Waals surface area contributed by atoms with Crippen molar-refractivity contribution in [3.63, 3.8) is 0 Å². The Morgan fingerprint density at radius 1 is 1.11 bits per heavy atom. The van der Waals surface area contributed by atoms with Crippen LogP contribution in [-0.2, 0) is 0 Å². The second-order valence-electron chi connectivity index (χ2n) is 8.36. The van der Waals surface area contributed by atoms with Gasteiger partial charge in [0.25, 0.3) is 5.91 Å². The number of pyridine rings is 2. The Kier molecular flexibility index (Phi) is 6.55. The van der Waals surface area contributed by atoms with Crippen LogP contribution in [-0.4, -0.2) is 42.6 Å². The molecule has 1 aliphatic carbocycles. The first kappa shape index (κ1) is 23.1. The topological polar surface area (TPSA) is 135 Å². The highest BCUT2D eigenvalue weighted by Crippen LogP contribution is 2.27. The van der Waals surface area contributed by atoms with Crippen molar-refractivity contribution in [3.05, 3.63) is 65.0 Å². The van der Waals surface area contributed by atoms with Crippen molar-refractivity contribution in [1.82, 2.24) is 24.6 Å². The third-order valence-electron chi connectivity index (χ3n) is 5.82. The molecule has 0 aliphatic heterocycles. The molecule has 0 atom stereocenters. The summed E-state index contributed by atoms with van der Waals surface area (Å²) in [4.78, 5) is 25.6. The van der Waals surface area contributed by atoms with E-state index in [1.807, 2.05) is 24.3 Å². The summed E-state index contributed by atoms with van der Waals surface area (Å²) in [5.74, 6) is -0.0291. The summed E-state index contributed by atoms with van der Waals surface area (Å²) in [5, 5.41) is 13.9. The molecule has 180 valence electrons. The van der Waals surface area contributed by atoms with Crippen molar-refractivity contribution in [2.45, 2.75) is 37.8 Å². The van der Waals surface area contributed by atoms with Crippen molar-refractivity contribution in [2.24, 2.45) is 5.73 Å². The molecule has 0 spiro atoms. The molecule has 10 nitrogen and oxygen atoms in total. The molecule has 4 aromatic heterocycles. The summed E-state index contributed by atoms with van der Waals surface area (Å²) >= 11 is 3.38. The van der Waals surface area contributed by atoms with Crippen molar-refractivity contribution in [1.29, 1.82) is 0 Å². The summed E-state index contributed by atoms with van der Waals surface area (Å²) in [6.45, 7) is 0. The molecule has 5 rings (SSSR count). The number of carbonyl (C=O) groups excluding carboxylic acids is 1. The Morgan fingerprint density at radius 2 is 1.94 bits per heavy atom. The monoisotopic (exact) mass is 539 g/mol. The van der Waals surface area contributed by atoms with Gasteiger partial charge in [-0.2, -0.15) is 0 Å². The van der Waals surface area contributed by atoms with E-state index in [0.29, 0.717) is 27.6 Å². The Labute approximate surface area is 208 Å². The van der Waals surface area contributed by atoms with E-state index in [-0.39, 0.29) is 23.5 Å². The number of carbonyl (C=O) groups is 1. The maximum Gasteiger partial charge on any atom is 0.276 e. The van der Waals surface area contributed by atoms with Gasteiger partial charge in [0.15, 0.2) is 17.2 Å². The van der Waals surface area contributed by atoms with Crippen LogP contribution in [0.4, 0.5) is 27.4 Å². The summed E-state index contributed by atoms with van der Waals surface area (Å²) in [5.41, 5.74) is 7.24. The van der Waals surface area contributed by atoms with Gasteiger partial charge in [0.05, 0.1) is 23.8 Å². The van der Waals surface area contributed by atoms with Crippen LogP contribution in [0.3, 0.4) is 0 Å². The van der Waals surface area contributed by atoms with Gasteiger partial charge in [-0.05, 0) is 59.8 Å². The lowest BCUT2D eigenvalue weighted by atomic mass is 9.92. The fourth-order valence-corrected chi connectivity index (χ4v) is 4.38. The van der Waals surface area contributed by atoms with Crippen molar-refractivity contribution in [2.75, 3.05) is 16.0 Å². The number of amides is 1. The average molecular weight is 540 g/mol. The van der Waals surface area contributed by atoms with Crippen LogP contribution < -0.4 is 21.7 Å². The van der Waals surface area contributed by atoms with E-state index in [0.717, 1.165) is 31.9 Å². The number of hydrogen-bond acceptors (Lipinski definition) is 8. The van der Waals surface area contributed by atoms with Crippen LogP contribution in [0, 0.1) is 5.82 Å². The molecule has 0 saturated heterocycles. The number of imidazole rings is 1. The zero-order valence-corrected chi connectivity index (χ0v) is 20.2. The average Bonchev–Trinajstić information content (AvgIpc) is 3.27. The summed E-state index contributed by atoms with van der Waals surface area (Å²) in [7, 11) is 0. The standard InChI is InChI=1S/C23H23BrFN9O/c24-19-2-1-3-20(32-19)30-17-10-21(29-14-6-4-13(26)5-7-14)33-34-18(12-28-22(17)34)23(35)31-16-8-9-27-11-15(16)25/h1-3,8-14H,4-7,26H2,(H,29,33)(H,30,32)(H,27,31,35)/t13-,14-. The summed E-state index contributed by atoms with van der Waals surface area (Å²) in [6, 6.07) is 9.16. The molecule has 0 radical (unpaired) electrons. The molecule has 1 fully saturated rings. The zero-order chi connectivity index (χ0) is 24.4. The number of hydrogen-bond donors (Lipinski definition) is 4. The number of nitrogens with two attached hydrogens (primary N) is 1. The predicted octanol–water partition coefficient (Wildman–Crippen LogP) is 4.10. The molecule has 0 bridgehead atoms. The number of aromatic nitrogens is 5. The highest BCUT2D eigenvalue weighted by Gasteiger charge is 2.22. The van der Waals surface area contributed by atoms with E-state index in [1.165, 1.54) is 23.0 Å². The number of fused-ring (bicyclic) bond motifs is 1. The first-order valence-electron chi connectivity index (χ1n) is 11.2. The molecule has 5 N–H and O–H groups in total. The lowest BCUT2D eigenvalue weighted by Crippen LogP contribution is -2.33. The number of nitrogens with one attached hydrogen (secondary N) is 3. The highest BCUT2D eigenvalue weighted by atomic mass is 79.9. The third-order valence-corrected chi connectivity index (χ3v) is 6.26. The molecule has 1 aliphatic rings. The fraction of sp³-hybridized carbons (Fsp3) is 0.261. The Balaban J connectivity index is 1.51. The van der Waals surface area contributed by atoms with Gasteiger partial charge in [-0.25, -0.2) is 18.9 Å². The molecule has 0 aromatic carbocycles. The minimum absolute atomic E-state index is 0.0180. The maximum atomic E-state index is 14.0. The number of halogens is 2. The lowest BCUT2D eigenvalue weighted by molar-refractivity contribution is 0.102. The Hall–Kier alpha value is -3.64. The van der Waals surface area contributed by atoms with Crippen molar-refractivity contribution < 1.29 is 9.18 Å². The van der Waals surface area contributed by atoms with Crippen molar-refractivity contribution in [3.8, 4) is 0 Å². The molecule has 4 heterocycles. The van der Waals surface area contributed by atoms with Gasteiger partial charge in [0.2, 0.25) is 0 Å². The van der Waals surface area contributed by atoms with E-state index < -0.39 is 11.7 Å². The number of nitrogens with zero attached hydrogens (tertiary/aromatic N) is 5. The van der Waals surface area contributed by atoms with E-state index in [9.17, 15) is 9.18 Å². The molecule has 0 unspecified atom stereocenters. The Morgan fingerprint density at radius 3 is 2.71 bits per heavy atom. The van der Waals surface area contributed by atoms with Crippen LogP contribution in [0.25, 0.3) is 5.65 Å². The summed E-state index contributed by atoms with van der Waals surface area (Å²) < 4.78 is 16.2. The first-order chi connectivity index (χ1) is 17.0. The number of rotatable bonds is 6. The fourth-order valence-electron chi connectivity index (χ4n) is 4.04. The van der Waals surface area contributed by atoms with E-state index in [4.69, 9.17) is 5.73 Å². The van der Waals surface area contributed by atoms with Crippen LogP contribution >= 0.6 is 15.9 Å². The van der Waals surface area contributed by atoms with Crippen LogP contribution in [0.1, 0.15) is 36.2 Å². The maximum absolute atomic E-state index is 14.0. The molecule has 35 heavy (non-hydrogen) atoms. The van der Waals surface area contributed by atoms with Gasteiger partial charge in [0, 0.05) is 24.3 Å². The van der Waals surface area contributed by atoms with Gasteiger partial charge in [-0.15, -0.1) is 5.10 Å². The van der Waals surface area contributed by atoms with E-state index in [2.05, 4.69) is 51.9 Å². The number of anilines is 4. The van der Waals surface area contributed by atoms with Crippen LogP contribution in [0.15, 0.2) is 53.5 Å². The van der Waals surface area contributed by atoms with Gasteiger partial charge >= 0.3 is 0 Å². The third kappa shape index (κ3) is 5.23. The highest BCUT2D eigenvalue weighted by molar-refractivity contribution is 9.10. The van der Waals surface area contributed by atoms with Gasteiger partial charge < -0.3 is 21.7 Å². The minimum atomic E-state index is -0.636. The molecule has 4 aromatic rings. The zero-order valence-electron chi connectivity index (χ0n) is 18.6. The van der Waals surface area contributed by atoms with Gasteiger partial charge in [-0.3, -0.25) is 9.78 Å². The normalized spacial score (nSPS) is 17.8. The summed E-state index contributed by atoms with van der Waals surface area (Å²) in [6.07, 6.45) is 7.56. The minimum Gasteiger partial charge on any atom is -0.366 e. The van der Waals surface area contributed by atoms with Crippen LogP contribution in [0.5, 0.6) is 0 Å². The van der Waals surface area contributed by atoms with Gasteiger partial charge in [0.1, 0.15) is 16.2 Å². The van der Waals surface area contributed by atoms with Crippen LogP contribution in [0.2, 0.25) is 0 Å². The second kappa shape index (κ2) is 9.92. The molecule has 1 amide bonds. The molecular formula is C23H23BrFN9O. The predicted molar refractivity (Wildman–Crippen MR) is 134 cm³/mol. The molecular weight excluding hydrogens is 517 g/mol. The first-order valence-corrected chi connectivity index (χ1v) is 12.0. The molecule has 12 heteroatoms. The van der Waals surface area contributed by atoms with E-state index >= 15 is 0 Å².